The van der Waals surface area contributed by atoms with Crippen molar-refractivity contribution in [3.63, 3.8) is 0 Å². The molecule has 4 rings (SSSR count). The molecule has 0 atom stereocenters. The predicted molar refractivity (Wildman–Crippen MR) is 103 cm³/mol. The van der Waals surface area contributed by atoms with E-state index in [0.29, 0.717) is 35.6 Å². The zero-order chi connectivity index (χ0) is 19.5. The molecule has 0 radical (unpaired) electrons. The molecule has 0 saturated carbocycles. The Kier molecular flexibility index (Phi) is 4.94. The van der Waals surface area contributed by atoms with Crippen LogP contribution in [0, 0.1) is 0 Å². The molecule has 142 valence electrons. The Morgan fingerprint density at radius 2 is 1.68 bits per heavy atom. The van der Waals surface area contributed by atoms with Crippen LogP contribution < -0.4 is 0 Å². The Bertz CT molecular complexity index is 975. The summed E-state index contributed by atoms with van der Waals surface area (Å²) in [6.45, 7) is 3.11. The van der Waals surface area contributed by atoms with Gasteiger partial charge in [0.15, 0.2) is 0 Å². The number of carbonyl (C=O) groups is 2. The highest BCUT2D eigenvalue weighted by Gasteiger charge is 2.22. The monoisotopic (exact) mass is 376 g/mol. The molecule has 28 heavy (non-hydrogen) atoms. The van der Waals surface area contributed by atoms with Crippen LogP contribution >= 0.6 is 0 Å². The number of ketones is 1. The lowest BCUT2D eigenvalue weighted by molar-refractivity contribution is 0.0658. The van der Waals surface area contributed by atoms with Crippen LogP contribution in [0.2, 0.25) is 0 Å². The van der Waals surface area contributed by atoms with Crippen molar-refractivity contribution in [2.75, 3.05) is 33.2 Å². The van der Waals surface area contributed by atoms with Gasteiger partial charge in [0.2, 0.25) is 11.6 Å². The van der Waals surface area contributed by atoms with E-state index >= 15 is 0 Å². The summed E-state index contributed by atoms with van der Waals surface area (Å²) in [6.07, 6.45) is 3.09. The van der Waals surface area contributed by atoms with Crippen molar-refractivity contribution in [1.29, 1.82) is 0 Å². The molecule has 8 nitrogen and oxygen atoms in total. The molecule has 1 aliphatic heterocycles. The lowest BCUT2D eigenvalue weighted by Crippen LogP contribution is -2.47. The van der Waals surface area contributed by atoms with E-state index in [1.165, 1.54) is 0 Å². The first-order chi connectivity index (χ1) is 13.6. The molecule has 2 aromatic heterocycles. The van der Waals surface area contributed by atoms with E-state index in [-0.39, 0.29) is 17.5 Å². The fraction of sp³-hybridized carbons (Fsp3) is 0.250. The second-order valence-electron chi connectivity index (χ2n) is 6.75. The van der Waals surface area contributed by atoms with Crippen LogP contribution in [-0.4, -0.2) is 74.9 Å². The number of likely N-dealkylation sites (N-methyl/N-ethyl adjacent to an activating group) is 1. The van der Waals surface area contributed by atoms with Gasteiger partial charge in [-0.05, 0) is 13.1 Å². The number of nitrogens with zero attached hydrogens (tertiary/aromatic N) is 5. The summed E-state index contributed by atoms with van der Waals surface area (Å²) in [5.74, 6) is -0.178. The number of carbonyl (C=O) groups excluding carboxylic acids is 2. The minimum Gasteiger partial charge on any atom is -0.335 e. The van der Waals surface area contributed by atoms with Crippen molar-refractivity contribution in [3.8, 4) is 11.3 Å². The van der Waals surface area contributed by atoms with Gasteiger partial charge in [-0.1, -0.05) is 30.3 Å². The summed E-state index contributed by atoms with van der Waals surface area (Å²) in [5.41, 5.74) is 2.17. The van der Waals surface area contributed by atoms with Gasteiger partial charge >= 0.3 is 0 Å². The molecule has 3 aromatic rings. The topological polar surface area (TPSA) is 95.1 Å². The Morgan fingerprint density at radius 1 is 1.00 bits per heavy atom. The van der Waals surface area contributed by atoms with Crippen LogP contribution in [0.5, 0.6) is 0 Å². The number of aromatic nitrogens is 4. The molecule has 1 aromatic carbocycles. The van der Waals surface area contributed by atoms with Crippen LogP contribution in [0.15, 0.2) is 48.8 Å². The smallest absolute Gasteiger partial charge is 0.271 e. The summed E-state index contributed by atoms with van der Waals surface area (Å²) in [5, 5.41) is 7.00. The van der Waals surface area contributed by atoms with Gasteiger partial charge in [0.1, 0.15) is 5.69 Å². The molecule has 0 aliphatic carbocycles. The normalized spacial score (nSPS) is 14.8. The van der Waals surface area contributed by atoms with Crippen molar-refractivity contribution in [3.05, 3.63) is 65.9 Å². The lowest BCUT2D eigenvalue weighted by atomic mass is 10.1. The maximum absolute atomic E-state index is 12.6. The molecule has 8 heteroatoms. The van der Waals surface area contributed by atoms with Crippen LogP contribution in [0.1, 0.15) is 26.7 Å². The number of hydrogen-bond acceptors (Lipinski definition) is 6. The van der Waals surface area contributed by atoms with Gasteiger partial charge in [0.25, 0.3) is 5.91 Å². The molecule has 1 N–H and O–H groups in total. The number of rotatable bonds is 4. The van der Waals surface area contributed by atoms with E-state index in [4.69, 9.17) is 0 Å². The van der Waals surface area contributed by atoms with Crippen molar-refractivity contribution in [2.24, 2.45) is 0 Å². The highest BCUT2D eigenvalue weighted by molar-refractivity contribution is 6.06. The number of aromatic amines is 1. The van der Waals surface area contributed by atoms with Gasteiger partial charge in [0.05, 0.1) is 5.69 Å². The number of piperazine rings is 1. The minimum absolute atomic E-state index is 0.0661. The van der Waals surface area contributed by atoms with E-state index in [1.54, 1.807) is 42.7 Å². The zero-order valence-corrected chi connectivity index (χ0v) is 15.5. The van der Waals surface area contributed by atoms with E-state index in [9.17, 15) is 9.59 Å². The van der Waals surface area contributed by atoms with Crippen molar-refractivity contribution < 1.29 is 9.59 Å². The predicted octanol–water partition coefficient (Wildman–Crippen LogP) is 1.49. The zero-order valence-electron chi connectivity index (χ0n) is 15.5. The minimum atomic E-state index is -0.236. The molecule has 0 bridgehead atoms. The largest absolute Gasteiger partial charge is 0.335 e. The molecule has 1 fully saturated rings. The van der Waals surface area contributed by atoms with E-state index in [1.807, 2.05) is 18.0 Å². The summed E-state index contributed by atoms with van der Waals surface area (Å²) < 4.78 is 0. The van der Waals surface area contributed by atoms with Crippen LogP contribution in [-0.2, 0) is 0 Å². The van der Waals surface area contributed by atoms with Crippen molar-refractivity contribution in [1.82, 2.24) is 30.0 Å². The van der Waals surface area contributed by atoms with Gasteiger partial charge in [0, 0.05) is 49.7 Å². The molecule has 1 amide bonds. The maximum Gasteiger partial charge on any atom is 0.271 e. The molecule has 0 spiro atoms. The Labute approximate surface area is 162 Å². The second-order valence-corrected chi connectivity index (χ2v) is 6.75. The summed E-state index contributed by atoms with van der Waals surface area (Å²) in [6, 6.07) is 10.6. The van der Waals surface area contributed by atoms with Gasteiger partial charge in [-0.3, -0.25) is 14.7 Å². The second kappa shape index (κ2) is 7.69. The fourth-order valence-corrected chi connectivity index (χ4v) is 3.06. The molecule has 1 saturated heterocycles. The van der Waals surface area contributed by atoms with Gasteiger partial charge in [-0.25, -0.2) is 9.97 Å². The Hall–Kier alpha value is -3.39. The first-order valence-electron chi connectivity index (χ1n) is 9.07. The number of H-pyrrole nitrogens is 1. The third kappa shape index (κ3) is 3.67. The third-order valence-electron chi connectivity index (χ3n) is 4.79. The van der Waals surface area contributed by atoms with E-state index in [2.05, 4.69) is 25.1 Å². The molecule has 3 heterocycles. The highest BCUT2D eigenvalue weighted by Crippen LogP contribution is 2.18. The lowest BCUT2D eigenvalue weighted by Gasteiger charge is -2.31. The standard InChI is InChI=1S/C20H20N6O2/c1-25-7-9-26(10-8-25)20(28)17-11-16(23-24-17)15-12-21-19(22-13-15)18(27)14-5-3-2-4-6-14/h2-6,11-13H,7-10H2,1H3,(H,23,24). The highest BCUT2D eigenvalue weighted by atomic mass is 16.2. The number of nitrogens with one attached hydrogen (secondary N) is 1. The van der Waals surface area contributed by atoms with Gasteiger partial charge in [-0.2, -0.15) is 5.10 Å². The molecular formula is C20H20N6O2. The SMILES string of the molecule is CN1CCN(C(=O)c2cc(-c3cnc(C(=O)c4ccccc4)nc3)n[nH]2)CC1. The van der Waals surface area contributed by atoms with Crippen LogP contribution in [0.4, 0.5) is 0 Å². The van der Waals surface area contributed by atoms with Gasteiger partial charge in [-0.15, -0.1) is 0 Å². The van der Waals surface area contributed by atoms with E-state index < -0.39 is 0 Å². The van der Waals surface area contributed by atoms with Crippen molar-refractivity contribution >= 4 is 11.7 Å². The van der Waals surface area contributed by atoms with E-state index in [0.717, 1.165) is 13.1 Å². The first-order valence-corrected chi connectivity index (χ1v) is 9.07. The maximum atomic E-state index is 12.6. The van der Waals surface area contributed by atoms with Crippen LogP contribution in [0.25, 0.3) is 11.3 Å². The average molecular weight is 376 g/mol. The van der Waals surface area contributed by atoms with Crippen LogP contribution in [0.3, 0.4) is 0 Å². The fourth-order valence-electron chi connectivity index (χ4n) is 3.06. The quantitative estimate of drug-likeness (QED) is 0.693. The third-order valence-corrected chi connectivity index (χ3v) is 4.79. The summed E-state index contributed by atoms with van der Waals surface area (Å²) in [7, 11) is 2.04. The van der Waals surface area contributed by atoms with Crippen molar-refractivity contribution in [2.45, 2.75) is 0 Å². The number of hydrogen-bond donors (Lipinski definition) is 1. The number of amides is 1. The molecule has 0 unspecified atom stereocenters. The van der Waals surface area contributed by atoms with Gasteiger partial charge < -0.3 is 9.80 Å². The first kappa shape index (κ1) is 18.0. The molecular weight excluding hydrogens is 356 g/mol. The number of benzene rings is 1. The Morgan fingerprint density at radius 3 is 2.36 bits per heavy atom. The molecule has 1 aliphatic rings. The average Bonchev–Trinajstić information content (AvgIpc) is 3.24. The Balaban J connectivity index is 1.48. The summed E-state index contributed by atoms with van der Waals surface area (Å²) in [4.78, 5) is 37.3. The summed E-state index contributed by atoms with van der Waals surface area (Å²) >= 11 is 0.